The van der Waals surface area contributed by atoms with Crippen LogP contribution in [0.2, 0.25) is 10.0 Å². The van der Waals surface area contributed by atoms with Crippen LogP contribution in [0.25, 0.3) is 6.08 Å². The molecule has 1 N–H and O–H groups in total. The van der Waals surface area contributed by atoms with E-state index in [1.54, 1.807) is 61.5 Å². The van der Waals surface area contributed by atoms with E-state index in [2.05, 4.69) is 0 Å². The number of hydrogen-bond acceptors (Lipinski definition) is 2. The maximum atomic E-state index is 13.3. The van der Waals surface area contributed by atoms with Gasteiger partial charge in [0.2, 0.25) is 5.91 Å². The van der Waals surface area contributed by atoms with E-state index in [-0.39, 0.29) is 0 Å². The SMILES string of the molecule is CC(c1ccc(Cl)cc1)N(C(=O)/C=C/c1ccccc1)C(C(=O)O)c1ccc(Cl)cc1. The zero-order valence-electron chi connectivity index (χ0n) is 16.8. The number of aliphatic carboxylic acids is 1. The first-order valence-electron chi connectivity index (χ1n) is 9.66. The average Bonchev–Trinajstić information content (AvgIpc) is 2.77. The summed E-state index contributed by atoms with van der Waals surface area (Å²) in [5.41, 5.74) is 2.07. The van der Waals surface area contributed by atoms with E-state index in [4.69, 9.17) is 23.2 Å². The molecule has 0 aliphatic heterocycles. The molecule has 0 spiro atoms. The van der Waals surface area contributed by atoms with E-state index in [1.165, 1.54) is 11.0 Å². The predicted molar refractivity (Wildman–Crippen MR) is 124 cm³/mol. The lowest BCUT2D eigenvalue weighted by Crippen LogP contribution is -2.40. The Morgan fingerprint density at radius 1 is 0.839 bits per heavy atom. The van der Waals surface area contributed by atoms with Gasteiger partial charge in [0, 0.05) is 16.1 Å². The molecule has 3 rings (SSSR count). The van der Waals surface area contributed by atoms with Crippen molar-refractivity contribution in [1.82, 2.24) is 4.90 Å². The van der Waals surface area contributed by atoms with Gasteiger partial charge in [0.05, 0.1) is 6.04 Å². The first-order chi connectivity index (χ1) is 14.9. The number of carboxylic acid groups (broad SMARTS) is 1. The van der Waals surface area contributed by atoms with Crippen LogP contribution in [0.5, 0.6) is 0 Å². The Kier molecular flexibility index (Phi) is 7.50. The lowest BCUT2D eigenvalue weighted by atomic mass is 9.99. The highest BCUT2D eigenvalue weighted by Gasteiger charge is 2.34. The van der Waals surface area contributed by atoms with Gasteiger partial charge in [-0.15, -0.1) is 0 Å². The summed E-state index contributed by atoms with van der Waals surface area (Å²) in [6.07, 6.45) is 3.07. The summed E-state index contributed by atoms with van der Waals surface area (Å²) in [7, 11) is 0. The molecular weight excluding hydrogens is 433 g/mol. The van der Waals surface area contributed by atoms with Gasteiger partial charge in [0.25, 0.3) is 0 Å². The van der Waals surface area contributed by atoms with Crippen LogP contribution in [0.3, 0.4) is 0 Å². The molecule has 0 radical (unpaired) electrons. The number of rotatable bonds is 7. The molecule has 0 aliphatic carbocycles. The molecule has 1 amide bonds. The topological polar surface area (TPSA) is 57.6 Å². The van der Waals surface area contributed by atoms with Crippen LogP contribution in [-0.4, -0.2) is 21.9 Å². The molecule has 31 heavy (non-hydrogen) atoms. The summed E-state index contributed by atoms with van der Waals surface area (Å²) in [6, 6.07) is 21.1. The van der Waals surface area contributed by atoms with Crippen LogP contribution in [0.15, 0.2) is 84.9 Å². The molecule has 0 fully saturated rings. The van der Waals surface area contributed by atoms with Crippen LogP contribution < -0.4 is 0 Å². The Balaban J connectivity index is 2.04. The number of carbonyl (C=O) groups excluding carboxylic acids is 1. The van der Waals surface area contributed by atoms with Gasteiger partial charge in [-0.2, -0.15) is 0 Å². The highest BCUT2D eigenvalue weighted by Crippen LogP contribution is 2.32. The van der Waals surface area contributed by atoms with E-state index in [9.17, 15) is 14.7 Å². The maximum Gasteiger partial charge on any atom is 0.331 e. The van der Waals surface area contributed by atoms with Gasteiger partial charge in [0.1, 0.15) is 0 Å². The van der Waals surface area contributed by atoms with E-state index < -0.39 is 24.0 Å². The van der Waals surface area contributed by atoms with Crippen molar-refractivity contribution in [3.05, 3.63) is 112 Å². The van der Waals surface area contributed by atoms with Crippen molar-refractivity contribution in [1.29, 1.82) is 0 Å². The van der Waals surface area contributed by atoms with Gasteiger partial charge in [-0.25, -0.2) is 4.79 Å². The zero-order valence-corrected chi connectivity index (χ0v) is 18.3. The lowest BCUT2D eigenvalue weighted by molar-refractivity contribution is -0.150. The number of halogens is 2. The number of carboxylic acids is 1. The Labute approximate surface area is 191 Å². The Bertz CT molecular complexity index is 1060. The Morgan fingerprint density at radius 2 is 1.35 bits per heavy atom. The van der Waals surface area contributed by atoms with Gasteiger partial charge in [0.15, 0.2) is 6.04 Å². The molecule has 158 valence electrons. The average molecular weight is 454 g/mol. The Morgan fingerprint density at radius 3 is 1.87 bits per heavy atom. The van der Waals surface area contributed by atoms with Gasteiger partial charge in [-0.3, -0.25) is 4.79 Å². The molecule has 6 heteroatoms. The van der Waals surface area contributed by atoms with Crippen LogP contribution in [0.1, 0.15) is 35.7 Å². The maximum absolute atomic E-state index is 13.3. The second-order valence-electron chi connectivity index (χ2n) is 7.01. The van der Waals surface area contributed by atoms with Crippen molar-refractivity contribution in [2.45, 2.75) is 19.0 Å². The zero-order chi connectivity index (χ0) is 22.4. The first-order valence-corrected chi connectivity index (χ1v) is 10.4. The van der Waals surface area contributed by atoms with Crippen molar-refractivity contribution in [2.75, 3.05) is 0 Å². The number of carbonyl (C=O) groups is 2. The second-order valence-corrected chi connectivity index (χ2v) is 7.88. The Hall–Kier alpha value is -3.08. The highest BCUT2D eigenvalue weighted by molar-refractivity contribution is 6.30. The molecule has 4 nitrogen and oxygen atoms in total. The number of hydrogen-bond donors (Lipinski definition) is 1. The molecule has 0 bridgehead atoms. The van der Waals surface area contributed by atoms with E-state index in [0.29, 0.717) is 15.6 Å². The fourth-order valence-electron chi connectivity index (χ4n) is 3.33. The number of amides is 1. The minimum absolute atomic E-state index is 0.423. The second kappa shape index (κ2) is 10.3. The third-order valence-electron chi connectivity index (χ3n) is 4.94. The monoisotopic (exact) mass is 453 g/mol. The molecule has 0 aliphatic rings. The standard InChI is InChI=1S/C25H21Cl2NO3/c1-17(19-8-12-21(26)13-9-19)28(23(29)16-7-18-5-3-2-4-6-18)24(25(30)31)20-10-14-22(27)15-11-20/h2-17,24H,1H3,(H,30,31)/b16-7+. The van der Waals surface area contributed by atoms with Crippen LogP contribution >= 0.6 is 23.2 Å². The summed E-state index contributed by atoms with van der Waals surface area (Å²) >= 11 is 12.0. The normalized spacial score (nSPS) is 13.0. The largest absolute Gasteiger partial charge is 0.479 e. The molecule has 0 saturated carbocycles. The van der Waals surface area contributed by atoms with E-state index >= 15 is 0 Å². The van der Waals surface area contributed by atoms with Crippen molar-refractivity contribution in [3.8, 4) is 0 Å². The molecule has 3 aromatic carbocycles. The van der Waals surface area contributed by atoms with Gasteiger partial charge in [-0.1, -0.05) is 77.8 Å². The van der Waals surface area contributed by atoms with Crippen LogP contribution in [0.4, 0.5) is 0 Å². The van der Waals surface area contributed by atoms with Crippen LogP contribution in [-0.2, 0) is 9.59 Å². The fraction of sp³-hybridized carbons (Fsp3) is 0.120. The van der Waals surface area contributed by atoms with Crippen molar-refractivity contribution in [3.63, 3.8) is 0 Å². The summed E-state index contributed by atoms with van der Waals surface area (Å²) in [6.45, 7) is 1.79. The highest BCUT2D eigenvalue weighted by atomic mass is 35.5. The summed E-state index contributed by atoms with van der Waals surface area (Å²) in [4.78, 5) is 27.0. The van der Waals surface area contributed by atoms with Gasteiger partial charge in [-0.05, 0) is 54.0 Å². The molecular formula is C25H21Cl2NO3. The summed E-state index contributed by atoms with van der Waals surface area (Å²) in [5.74, 6) is -1.56. The number of benzene rings is 3. The molecule has 2 unspecified atom stereocenters. The molecule has 0 saturated heterocycles. The predicted octanol–water partition coefficient (Wildman–Crippen LogP) is 6.42. The quantitative estimate of drug-likeness (QED) is 0.419. The van der Waals surface area contributed by atoms with E-state index in [0.717, 1.165) is 11.1 Å². The minimum atomic E-state index is -1.20. The van der Waals surface area contributed by atoms with E-state index in [1.807, 2.05) is 30.3 Å². The number of nitrogens with zero attached hydrogens (tertiary/aromatic N) is 1. The molecule has 0 heterocycles. The fourth-order valence-corrected chi connectivity index (χ4v) is 3.58. The third-order valence-corrected chi connectivity index (χ3v) is 5.44. The molecule has 2 atom stereocenters. The van der Waals surface area contributed by atoms with Crippen LogP contribution in [0, 0.1) is 0 Å². The lowest BCUT2D eigenvalue weighted by Gasteiger charge is -2.34. The minimum Gasteiger partial charge on any atom is -0.479 e. The first kappa shape index (κ1) is 22.6. The van der Waals surface area contributed by atoms with Gasteiger partial charge < -0.3 is 10.0 Å². The summed E-state index contributed by atoms with van der Waals surface area (Å²) in [5, 5.41) is 11.1. The summed E-state index contributed by atoms with van der Waals surface area (Å²) < 4.78 is 0. The van der Waals surface area contributed by atoms with Crippen molar-refractivity contribution < 1.29 is 14.7 Å². The van der Waals surface area contributed by atoms with Crippen molar-refractivity contribution >= 4 is 41.2 Å². The smallest absolute Gasteiger partial charge is 0.331 e. The molecule has 3 aromatic rings. The van der Waals surface area contributed by atoms with Crippen molar-refractivity contribution in [2.24, 2.45) is 0 Å². The third kappa shape index (κ3) is 5.75. The molecule has 0 aromatic heterocycles. The van der Waals surface area contributed by atoms with Gasteiger partial charge >= 0.3 is 5.97 Å².